The minimum Gasteiger partial charge on any atom is -0.423 e. The first kappa shape index (κ1) is 13.2. The van der Waals surface area contributed by atoms with Crippen LogP contribution in [0, 0.1) is 0 Å². The molecule has 0 saturated carbocycles. The van der Waals surface area contributed by atoms with Gasteiger partial charge in [0.2, 0.25) is 0 Å². The molecule has 0 aliphatic carbocycles. The first-order chi connectivity index (χ1) is 9.65. The molecule has 0 amide bonds. The highest BCUT2D eigenvalue weighted by atomic mass is 16.4. The Kier molecular flexibility index (Phi) is 3.51. The molecule has 1 atom stereocenters. The van der Waals surface area contributed by atoms with Crippen LogP contribution in [0.25, 0.3) is 0 Å². The minimum atomic E-state index is -1.40. The summed E-state index contributed by atoms with van der Waals surface area (Å²) in [6.45, 7) is 3.02. The molecule has 2 aromatic carbocycles. The van der Waals surface area contributed by atoms with Gasteiger partial charge in [0.05, 0.1) is 0 Å². The van der Waals surface area contributed by atoms with Crippen molar-refractivity contribution in [2.45, 2.75) is 25.9 Å². The predicted octanol–water partition coefficient (Wildman–Crippen LogP) is 1.32. The fourth-order valence-corrected chi connectivity index (χ4v) is 2.92. The molecule has 1 unspecified atom stereocenters. The van der Waals surface area contributed by atoms with Gasteiger partial charge in [-0.25, -0.2) is 0 Å². The molecule has 0 saturated heterocycles. The maximum Gasteiger partial charge on any atom is 0.488 e. The molecule has 2 aromatic rings. The molecule has 0 radical (unpaired) electrons. The number of benzene rings is 2. The van der Waals surface area contributed by atoms with Gasteiger partial charge in [-0.2, -0.15) is 0 Å². The van der Waals surface area contributed by atoms with Gasteiger partial charge in [-0.3, -0.25) is 0 Å². The summed E-state index contributed by atoms with van der Waals surface area (Å²) in [7, 11) is -1.40. The van der Waals surface area contributed by atoms with E-state index in [1.807, 2.05) is 18.2 Å². The van der Waals surface area contributed by atoms with Crippen LogP contribution in [0.3, 0.4) is 0 Å². The fraction of sp³-hybridized carbons (Fsp3) is 0.250. The quantitative estimate of drug-likeness (QED) is 0.824. The van der Waals surface area contributed by atoms with Gasteiger partial charge in [-0.1, -0.05) is 42.5 Å². The number of anilines is 1. The van der Waals surface area contributed by atoms with Crippen molar-refractivity contribution < 1.29 is 10.0 Å². The van der Waals surface area contributed by atoms with Gasteiger partial charge in [-0.15, -0.1) is 0 Å². The zero-order valence-electron chi connectivity index (χ0n) is 11.5. The Morgan fingerprint density at radius 2 is 1.95 bits per heavy atom. The lowest BCUT2D eigenvalue weighted by atomic mass is 9.79. The van der Waals surface area contributed by atoms with Crippen LogP contribution < -0.4 is 10.4 Å². The van der Waals surface area contributed by atoms with Crippen molar-refractivity contribution in [3.63, 3.8) is 0 Å². The average Bonchev–Trinajstić information content (AvgIpc) is 2.76. The van der Waals surface area contributed by atoms with E-state index in [1.165, 1.54) is 11.3 Å². The summed E-state index contributed by atoms with van der Waals surface area (Å²) >= 11 is 0. The third-order valence-electron chi connectivity index (χ3n) is 3.95. The smallest absolute Gasteiger partial charge is 0.423 e. The second-order valence-electron chi connectivity index (χ2n) is 5.43. The van der Waals surface area contributed by atoms with Crippen LogP contribution in [0.15, 0.2) is 48.5 Å². The SMILES string of the molecule is CC1Cc2ccccc2N1Cc1cccc(B(O)O)c1. The van der Waals surface area contributed by atoms with Crippen molar-refractivity contribution in [2.75, 3.05) is 4.90 Å². The fourth-order valence-electron chi connectivity index (χ4n) is 2.92. The molecule has 0 spiro atoms. The van der Waals surface area contributed by atoms with Crippen LogP contribution in [-0.4, -0.2) is 23.2 Å². The summed E-state index contributed by atoms with van der Waals surface area (Å²) in [5.41, 5.74) is 4.31. The molecule has 0 aromatic heterocycles. The lowest BCUT2D eigenvalue weighted by Gasteiger charge is -2.25. The summed E-state index contributed by atoms with van der Waals surface area (Å²) in [6, 6.07) is 16.4. The maximum atomic E-state index is 9.26. The van der Waals surface area contributed by atoms with E-state index in [2.05, 4.69) is 36.1 Å². The Labute approximate surface area is 119 Å². The van der Waals surface area contributed by atoms with E-state index in [0.29, 0.717) is 11.5 Å². The summed E-state index contributed by atoms with van der Waals surface area (Å²) < 4.78 is 0. The highest BCUT2D eigenvalue weighted by Gasteiger charge is 2.25. The van der Waals surface area contributed by atoms with Crippen molar-refractivity contribution in [1.29, 1.82) is 0 Å². The minimum absolute atomic E-state index is 0.468. The molecule has 1 heterocycles. The predicted molar refractivity (Wildman–Crippen MR) is 82.1 cm³/mol. The second kappa shape index (κ2) is 5.31. The van der Waals surface area contributed by atoms with Crippen LogP contribution >= 0.6 is 0 Å². The van der Waals surface area contributed by atoms with E-state index in [4.69, 9.17) is 0 Å². The topological polar surface area (TPSA) is 43.7 Å². The molecule has 20 heavy (non-hydrogen) atoms. The van der Waals surface area contributed by atoms with Crippen LogP contribution in [0.1, 0.15) is 18.1 Å². The third-order valence-corrected chi connectivity index (χ3v) is 3.95. The number of hydrogen-bond acceptors (Lipinski definition) is 3. The average molecular weight is 267 g/mol. The molecular formula is C16H18BNO2. The zero-order valence-corrected chi connectivity index (χ0v) is 11.5. The Morgan fingerprint density at radius 1 is 1.15 bits per heavy atom. The number of fused-ring (bicyclic) bond motifs is 1. The number of hydrogen-bond donors (Lipinski definition) is 2. The summed E-state index contributed by atoms with van der Waals surface area (Å²) in [5, 5.41) is 18.5. The molecule has 0 bridgehead atoms. The van der Waals surface area contributed by atoms with Gasteiger partial charge in [0.15, 0.2) is 0 Å². The maximum absolute atomic E-state index is 9.26. The lowest BCUT2D eigenvalue weighted by Crippen LogP contribution is -2.32. The van der Waals surface area contributed by atoms with Crippen molar-refractivity contribution in [2.24, 2.45) is 0 Å². The molecule has 0 fully saturated rings. The van der Waals surface area contributed by atoms with E-state index in [0.717, 1.165) is 18.5 Å². The monoisotopic (exact) mass is 267 g/mol. The molecule has 3 rings (SSSR count). The second-order valence-corrected chi connectivity index (χ2v) is 5.43. The number of rotatable bonds is 3. The van der Waals surface area contributed by atoms with Gasteiger partial charge in [0, 0.05) is 18.3 Å². The third kappa shape index (κ3) is 2.44. The zero-order chi connectivity index (χ0) is 14.1. The van der Waals surface area contributed by atoms with Gasteiger partial charge in [0.25, 0.3) is 0 Å². The van der Waals surface area contributed by atoms with Crippen molar-refractivity contribution in [1.82, 2.24) is 0 Å². The van der Waals surface area contributed by atoms with Gasteiger partial charge in [-0.05, 0) is 36.0 Å². The van der Waals surface area contributed by atoms with Crippen LogP contribution in [0.5, 0.6) is 0 Å². The molecule has 4 heteroatoms. The van der Waals surface area contributed by atoms with Gasteiger partial charge in [0.1, 0.15) is 0 Å². The van der Waals surface area contributed by atoms with Crippen molar-refractivity contribution in [3.05, 3.63) is 59.7 Å². The molecule has 1 aliphatic rings. The summed E-state index contributed by atoms with van der Waals surface area (Å²) in [4.78, 5) is 2.37. The highest BCUT2D eigenvalue weighted by molar-refractivity contribution is 6.58. The van der Waals surface area contributed by atoms with Crippen molar-refractivity contribution in [3.8, 4) is 0 Å². The standard InChI is InChI=1S/C16H18BNO2/c1-12-9-14-6-2-3-8-16(14)18(12)11-13-5-4-7-15(10-13)17(19)20/h2-8,10,12,19-20H,9,11H2,1H3. The van der Waals surface area contributed by atoms with E-state index in [1.54, 1.807) is 6.07 Å². The highest BCUT2D eigenvalue weighted by Crippen LogP contribution is 2.32. The Morgan fingerprint density at radius 3 is 2.75 bits per heavy atom. The molecular weight excluding hydrogens is 249 g/mol. The van der Waals surface area contributed by atoms with E-state index in [9.17, 15) is 10.0 Å². The molecule has 3 nitrogen and oxygen atoms in total. The van der Waals surface area contributed by atoms with Crippen molar-refractivity contribution >= 4 is 18.3 Å². The van der Waals surface area contributed by atoms with Crippen LogP contribution in [-0.2, 0) is 13.0 Å². The normalized spacial score (nSPS) is 17.1. The van der Waals surface area contributed by atoms with Crippen LogP contribution in [0.2, 0.25) is 0 Å². The Bertz CT molecular complexity index is 615. The van der Waals surface area contributed by atoms with E-state index in [-0.39, 0.29) is 0 Å². The molecule has 1 aliphatic heterocycles. The van der Waals surface area contributed by atoms with Crippen LogP contribution in [0.4, 0.5) is 5.69 Å². The van der Waals surface area contributed by atoms with E-state index < -0.39 is 7.12 Å². The van der Waals surface area contributed by atoms with Gasteiger partial charge < -0.3 is 14.9 Å². The van der Waals surface area contributed by atoms with Gasteiger partial charge >= 0.3 is 7.12 Å². The van der Waals surface area contributed by atoms with E-state index >= 15 is 0 Å². The lowest BCUT2D eigenvalue weighted by molar-refractivity contribution is 0.425. The summed E-state index contributed by atoms with van der Waals surface area (Å²) in [6.07, 6.45) is 1.07. The number of nitrogens with zero attached hydrogens (tertiary/aromatic N) is 1. The Hall–Kier alpha value is -1.78. The molecule has 102 valence electrons. The first-order valence-corrected chi connectivity index (χ1v) is 6.94. The molecule has 2 N–H and O–H groups in total. The first-order valence-electron chi connectivity index (χ1n) is 6.94. The largest absolute Gasteiger partial charge is 0.488 e. The Balaban J connectivity index is 1.86. The summed E-state index contributed by atoms with van der Waals surface area (Å²) in [5.74, 6) is 0. The number of para-hydroxylation sites is 1.